The highest BCUT2D eigenvalue weighted by atomic mass is 16.5. The third kappa shape index (κ3) is 2.86. The molecule has 138 valence electrons. The molecule has 26 heavy (non-hydrogen) atoms. The van der Waals surface area contributed by atoms with Crippen molar-refractivity contribution in [3.05, 3.63) is 50.4 Å². The van der Waals surface area contributed by atoms with Gasteiger partial charge in [-0.1, -0.05) is 0 Å². The van der Waals surface area contributed by atoms with Crippen LogP contribution in [0.4, 0.5) is 0 Å². The summed E-state index contributed by atoms with van der Waals surface area (Å²) in [5.74, 6) is 1.18. The first-order valence-electron chi connectivity index (χ1n) is 8.15. The van der Waals surface area contributed by atoms with Gasteiger partial charge in [-0.25, -0.2) is 9.78 Å². The first-order chi connectivity index (χ1) is 12.5. The van der Waals surface area contributed by atoms with E-state index in [1.165, 1.54) is 4.57 Å². The average molecular weight is 359 g/mol. The Morgan fingerprint density at radius 1 is 1.15 bits per heavy atom. The van der Waals surface area contributed by atoms with Gasteiger partial charge in [0.1, 0.15) is 11.5 Å². The van der Waals surface area contributed by atoms with Crippen LogP contribution in [0.1, 0.15) is 18.1 Å². The number of aromatic amines is 1. The van der Waals surface area contributed by atoms with E-state index in [4.69, 9.17) is 15.2 Å². The van der Waals surface area contributed by atoms with Crippen molar-refractivity contribution in [2.24, 2.45) is 5.73 Å². The topological polar surface area (TPSA) is 117 Å². The summed E-state index contributed by atoms with van der Waals surface area (Å²) in [6.07, 6.45) is 1.55. The van der Waals surface area contributed by atoms with Crippen molar-refractivity contribution in [1.29, 1.82) is 0 Å². The highest BCUT2D eigenvalue weighted by Crippen LogP contribution is 2.29. The fourth-order valence-corrected chi connectivity index (χ4v) is 2.99. The maximum atomic E-state index is 12.4. The Balaban J connectivity index is 2.20. The summed E-state index contributed by atoms with van der Waals surface area (Å²) in [4.78, 5) is 31.2. The fraction of sp³-hybridized carbons (Fsp3) is 0.353. The lowest BCUT2D eigenvalue weighted by Crippen LogP contribution is -2.31. The number of fused-ring (bicyclic) bond motifs is 1. The van der Waals surface area contributed by atoms with Crippen LogP contribution in [0.2, 0.25) is 0 Å². The molecule has 0 amide bonds. The van der Waals surface area contributed by atoms with Crippen molar-refractivity contribution in [3.63, 3.8) is 0 Å². The van der Waals surface area contributed by atoms with Crippen LogP contribution in [0, 0.1) is 0 Å². The predicted octanol–water partition coefficient (Wildman–Crippen LogP) is 0.430. The minimum atomic E-state index is -0.534. The molecule has 0 saturated carbocycles. The van der Waals surface area contributed by atoms with Crippen molar-refractivity contribution in [1.82, 2.24) is 19.1 Å². The summed E-state index contributed by atoms with van der Waals surface area (Å²) in [5.41, 5.74) is 6.94. The maximum Gasteiger partial charge on any atom is 0.330 e. The minimum absolute atomic E-state index is 0.164. The van der Waals surface area contributed by atoms with Gasteiger partial charge in [0.25, 0.3) is 5.56 Å². The highest BCUT2D eigenvalue weighted by Gasteiger charge is 2.16. The molecule has 9 heteroatoms. The van der Waals surface area contributed by atoms with Gasteiger partial charge in [0.15, 0.2) is 11.2 Å². The van der Waals surface area contributed by atoms with Gasteiger partial charge in [-0.3, -0.25) is 14.3 Å². The highest BCUT2D eigenvalue weighted by molar-refractivity contribution is 5.70. The first-order valence-corrected chi connectivity index (χ1v) is 8.15. The van der Waals surface area contributed by atoms with Crippen LogP contribution >= 0.6 is 0 Å². The van der Waals surface area contributed by atoms with Crippen LogP contribution in [0.3, 0.4) is 0 Å². The number of imidazole rings is 1. The van der Waals surface area contributed by atoms with Gasteiger partial charge in [0, 0.05) is 24.2 Å². The molecule has 0 aliphatic heterocycles. The monoisotopic (exact) mass is 359 g/mol. The average Bonchev–Trinajstić information content (AvgIpc) is 3.08. The Labute approximate surface area is 149 Å². The molecule has 0 saturated heterocycles. The molecule has 0 fully saturated rings. The van der Waals surface area contributed by atoms with Crippen molar-refractivity contribution in [2.75, 3.05) is 14.2 Å². The van der Waals surface area contributed by atoms with Crippen LogP contribution in [0.5, 0.6) is 11.5 Å². The van der Waals surface area contributed by atoms with Crippen LogP contribution in [-0.4, -0.2) is 33.3 Å². The standard InChI is InChI=1S/C17H21N5O4/c1-4-21-9-19-15-14(21)16(23)20-17(24)22(15)8-11-6-12(25-2)10(7-18)5-13(11)26-3/h5-6,9H,4,7-8,18H2,1-3H3,(H,20,23,24). The van der Waals surface area contributed by atoms with E-state index in [0.29, 0.717) is 41.3 Å². The zero-order valence-corrected chi connectivity index (χ0v) is 14.9. The molecule has 0 atom stereocenters. The number of nitrogens with one attached hydrogen (secondary N) is 1. The van der Waals surface area contributed by atoms with Crippen LogP contribution < -0.4 is 26.5 Å². The van der Waals surface area contributed by atoms with E-state index in [9.17, 15) is 9.59 Å². The van der Waals surface area contributed by atoms with E-state index in [0.717, 1.165) is 5.56 Å². The molecule has 0 aliphatic carbocycles. The van der Waals surface area contributed by atoms with Gasteiger partial charge in [-0.05, 0) is 19.1 Å². The Morgan fingerprint density at radius 2 is 1.81 bits per heavy atom. The number of hydrogen-bond acceptors (Lipinski definition) is 6. The van der Waals surface area contributed by atoms with E-state index in [2.05, 4.69) is 9.97 Å². The SMILES string of the molecule is CCn1cnc2c1c(=O)[nH]c(=O)n2Cc1cc(OC)c(CN)cc1OC. The second-order valence-electron chi connectivity index (χ2n) is 5.73. The van der Waals surface area contributed by atoms with Gasteiger partial charge < -0.3 is 19.8 Å². The van der Waals surface area contributed by atoms with Crippen LogP contribution in [0.25, 0.3) is 11.2 Å². The van der Waals surface area contributed by atoms with E-state index in [1.807, 2.05) is 6.92 Å². The first kappa shape index (κ1) is 17.7. The lowest BCUT2D eigenvalue weighted by atomic mass is 10.1. The number of aryl methyl sites for hydroxylation is 1. The van der Waals surface area contributed by atoms with Crippen molar-refractivity contribution >= 4 is 11.2 Å². The number of nitrogens with two attached hydrogens (primary N) is 1. The molecule has 2 aromatic heterocycles. The number of benzene rings is 1. The molecule has 1 aromatic carbocycles. The fourth-order valence-electron chi connectivity index (χ4n) is 2.99. The lowest BCUT2D eigenvalue weighted by Gasteiger charge is -2.15. The number of aromatic nitrogens is 4. The van der Waals surface area contributed by atoms with E-state index in [1.54, 1.807) is 37.2 Å². The molecule has 3 rings (SSSR count). The molecule has 3 N–H and O–H groups in total. The number of rotatable bonds is 6. The molecule has 9 nitrogen and oxygen atoms in total. The zero-order chi connectivity index (χ0) is 18.8. The molecule has 0 aliphatic rings. The van der Waals surface area contributed by atoms with E-state index in [-0.39, 0.29) is 6.54 Å². The summed E-state index contributed by atoms with van der Waals surface area (Å²) < 4.78 is 13.9. The Bertz CT molecular complexity index is 1060. The summed E-state index contributed by atoms with van der Waals surface area (Å²) in [6, 6.07) is 3.56. The second kappa shape index (κ2) is 7.04. The van der Waals surface area contributed by atoms with Crippen molar-refractivity contribution < 1.29 is 9.47 Å². The summed E-state index contributed by atoms with van der Waals surface area (Å²) in [7, 11) is 3.10. The number of ether oxygens (including phenoxy) is 2. The van der Waals surface area contributed by atoms with Crippen molar-refractivity contribution in [2.45, 2.75) is 26.6 Å². The van der Waals surface area contributed by atoms with Gasteiger partial charge >= 0.3 is 5.69 Å². The predicted molar refractivity (Wildman–Crippen MR) is 96.8 cm³/mol. The van der Waals surface area contributed by atoms with Gasteiger partial charge in [-0.15, -0.1) is 0 Å². The summed E-state index contributed by atoms with van der Waals surface area (Å²) >= 11 is 0. The quantitative estimate of drug-likeness (QED) is 0.659. The molecule has 0 unspecified atom stereocenters. The third-order valence-electron chi connectivity index (χ3n) is 4.33. The molecular weight excluding hydrogens is 338 g/mol. The zero-order valence-electron chi connectivity index (χ0n) is 14.9. The van der Waals surface area contributed by atoms with Crippen molar-refractivity contribution in [3.8, 4) is 11.5 Å². The van der Waals surface area contributed by atoms with Crippen LogP contribution in [0.15, 0.2) is 28.0 Å². The molecule has 3 aromatic rings. The Kier molecular flexibility index (Phi) is 4.81. The summed E-state index contributed by atoms with van der Waals surface area (Å²) in [6.45, 7) is 2.93. The third-order valence-corrected chi connectivity index (χ3v) is 4.33. The summed E-state index contributed by atoms with van der Waals surface area (Å²) in [5, 5.41) is 0. The Hall–Kier alpha value is -3.07. The molecular formula is C17H21N5O4. The van der Waals surface area contributed by atoms with Crippen LogP contribution in [-0.2, 0) is 19.6 Å². The number of nitrogens with zero attached hydrogens (tertiary/aromatic N) is 3. The second-order valence-corrected chi connectivity index (χ2v) is 5.73. The number of hydrogen-bond donors (Lipinski definition) is 2. The molecule has 2 heterocycles. The molecule has 0 spiro atoms. The lowest BCUT2D eigenvalue weighted by molar-refractivity contribution is 0.393. The normalized spacial score (nSPS) is 11.1. The Morgan fingerprint density at radius 3 is 2.42 bits per heavy atom. The smallest absolute Gasteiger partial charge is 0.330 e. The molecule has 0 radical (unpaired) electrons. The van der Waals surface area contributed by atoms with Gasteiger partial charge in [0.2, 0.25) is 0 Å². The van der Waals surface area contributed by atoms with E-state index >= 15 is 0 Å². The molecule has 0 bridgehead atoms. The maximum absolute atomic E-state index is 12.4. The largest absolute Gasteiger partial charge is 0.496 e. The minimum Gasteiger partial charge on any atom is -0.496 e. The number of H-pyrrole nitrogens is 1. The van der Waals surface area contributed by atoms with Gasteiger partial charge in [-0.2, -0.15) is 0 Å². The number of methoxy groups -OCH3 is 2. The van der Waals surface area contributed by atoms with E-state index < -0.39 is 11.2 Å². The van der Waals surface area contributed by atoms with Gasteiger partial charge in [0.05, 0.1) is 27.1 Å².